The Kier molecular flexibility index (Phi) is 7.80. The number of carbonyl (C=O) groups excluding carboxylic acids is 1. The zero-order chi connectivity index (χ0) is 21.7. The van der Waals surface area contributed by atoms with Crippen molar-refractivity contribution >= 4 is 21.6 Å². The van der Waals surface area contributed by atoms with Gasteiger partial charge in [-0.15, -0.1) is 0 Å². The molecule has 2 aliphatic rings. The molecule has 6 nitrogen and oxygen atoms in total. The van der Waals surface area contributed by atoms with Crippen LogP contribution in [0.25, 0.3) is 0 Å². The van der Waals surface area contributed by atoms with Gasteiger partial charge in [-0.2, -0.15) is 4.31 Å². The van der Waals surface area contributed by atoms with Crippen LogP contribution in [0.3, 0.4) is 0 Å². The van der Waals surface area contributed by atoms with Gasteiger partial charge in [-0.25, -0.2) is 8.42 Å². The molecule has 0 aliphatic carbocycles. The summed E-state index contributed by atoms with van der Waals surface area (Å²) >= 11 is 0. The highest BCUT2D eigenvalue weighted by molar-refractivity contribution is 7.89. The molecule has 30 heavy (non-hydrogen) atoms. The van der Waals surface area contributed by atoms with Crippen molar-refractivity contribution in [3.05, 3.63) is 23.8 Å². The largest absolute Gasteiger partial charge is 0.370 e. The molecule has 168 valence electrons. The van der Waals surface area contributed by atoms with Crippen molar-refractivity contribution in [2.75, 3.05) is 37.6 Å². The molecule has 1 amide bonds. The molecule has 1 aromatic carbocycles. The van der Waals surface area contributed by atoms with Crippen molar-refractivity contribution < 1.29 is 13.2 Å². The van der Waals surface area contributed by atoms with Gasteiger partial charge in [-0.05, 0) is 62.1 Å². The molecule has 1 aromatic rings. The molecule has 0 bridgehead atoms. The zero-order valence-corrected chi connectivity index (χ0v) is 19.5. The van der Waals surface area contributed by atoms with Gasteiger partial charge < -0.3 is 10.2 Å². The van der Waals surface area contributed by atoms with Crippen molar-refractivity contribution in [1.82, 2.24) is 9.62 Å². The van der Waals surface area contributed by atoms with Gasteiger partial charge >= 0.3 is 0 Å². The molecule has 2 fully saturated rings. The van der Waals surface area contributed by atoms with Gasteiger partial charge in [0.05, 0.1) is 5.69 Å². The lowest BCUT2D eigenvalue weighted by atomic mass is 9.98. The van der Waals surface area contributed by atoms with Crippen molar-refractivity contribution in [2.24, 2.45) is 11.8 Å². The number of rotatable bonds is 7. The fourth-order valence-electron chi connectivity index (χ4n) is 4.22. The van der Waals surface area contributed by atoms with Crippen LogP contribution in [0.2, 0.25) is 0 Å². The average molecular weight is 436 g/mol. The lowest BCUT2D eigenvalue weighted by Gasteiger charge is -2.35. The minimum absolute atomic E-state index is 0.203. The minimum atomic E-state index is -3.65. The number of hydrogen-bond acceptors (Lipinski definition) is 4. The van der Waals surface area contributed by atoms with Crippen molar-refractivity contribution in [3.8, 4) is 0 Å². The van der Waals surface area contributed by atoms with E-state index in [-0.39, 0.29) is 10.8 Å². The predicted octanol–water partition coefficient (Wildman–Crippen LogP) is 3.87. The van der Waals surface area contributed by atoms with E-state index in [1.54, 1.807) is 16.4 Å². The number of anilines is 1. The van der Waals surface area contributed by atoms with Gasteiger partial charge in [-0.1, -0.05) is 27.2 Å². The van der Waals surface area contributed by atoms with Gasteiger partial charge in [0.1, 0.15) is 4.90 Å². The summed E-state index contributed by atoms with van der Waals surface area (Å²) < 4.78 is 28.9. The first-order chi connectivity index (χ1) is 14.3. The molecular formula is C23H37N3O3S. The third-order valence-corrected chi connectivity index (χ3v) is 8.45. The second-order valence-corrected chi connectivity index (χ2v) is 11.0. The summed E-state index contributed by atoms with van der Waals surface area (Å²) in [6.45, 7) is 9.89. The molecule has 7 heteroatoms. The normalized spacial score (nSPS) is 19.8. The summed E-state index contributed by atoms with van der Waals surface area (Å²) in [4.78, 5) is 15.1. The Morgan fingerprint density at radius 1 is 1.03 bits per heavy atom. The van der Waals surface area contributed by atoms with Gasteiger partial charge in [0.2, 0.25) is 10.0 Å². The highest BCUT2D eigenvalue weighted by Gasteiger charge is 2.32. The first-order valence-electron chi connectivity index (χ1n) is 11.5. The smallest absolute Gasteiger partial charge is 0.251 e. The Labute approximate surface area is 182 Å². The first-order valence-corrected chi connectivity index (χ1v) is 12.9. The molecule has 2 aliphatic heterocycles. The van der Waals surface area contributed by atoms with E-state index in [0.717, 1.165) is 57.3 Å². The molecule has 2 heterocycles. The molecular weight excluding hydrogens is 398 g/mol. The van der Waals surface area contributed by atoms with E-state index < -0.39 is 10.0 Å². The average Bonchev–Trinajstić information content (AvgIpc) is 2.74. The number of hydrogen-bond donors (Lipinski definition) is 1. The maximum Gasteiger partial charge on any atom is 0.251 e. The Bertz CT molecular complexity index is 824. The molecule has 0 unspecified atom stereocenters. The van der Waals surface area contributed by atoms with Crippen LogP contribution in [-0.4, -0.2) is 51.4 Å². The molecule has 2 saturated heterocycles. The Morgan fingerprint density at radius 3 is 2.23 bits per heavy atom. The highest BCUT2D eigenvalue weighted by atomic mass is 32.2. The number of nitrogens with zero attached hydrogens (tertiary/aromatic N) is 2. The second kappa shape index (κ2) is 10.1. The van der Waals surface area contributed by atoms with E-state index in [4.69, 9.17) is 0 Å². The van der Waals surface area contributed by atoms with Gasteiger partial charge in [0.25, 0.3) is 5.91 Å². The highest BCUT2D eigenvalue weighted by Crippen LogP contribution is 2.33. The van der Waals surface area contributed by atoms with E-state index in [2.05, 4.69) is 31.0 Å². The standard InChI is InChI=1S/C23H37N3O3S/c1-4-5-12-24-23(27)20-6-7-21(25-13-8-18(2)9-14-25)22(17-20)30(28,29)26-15-10-19(3)11-16-26/h6-7,17-19H,4-5,8-16H2,1-3H3,(H,24,27). The van der Waals surface area contributed by atoms with Crippen LogP contribution >= 0.6 is 0 Å². The second-order valence-electron chi connectivity index (χ2n) is 9.05. The summed E-state index contributed by atoms with van der Waals surface area (Å²) in [5.41, 5.74) is 1.16. The third kappa shape index (κ3) is 5.35. The number of nitrogens with one attached hydrogen (secondary N) is 1. The van der Waals surface area contributed by atoms with Crippen molar-refractivity contribution in [3.63, 3.8) is 0 Å². The monoisotopic (exact) mass is 435 g/mol. The predicted molar refractivity (Wildman–Crippen MR) is 121 cm³/mol. The molecule has 0 saturated carbocycles. The summed E-state index contributed by atoms with van der Waals surface area (Å²) in [6, 6.07) is 5.21. The van der Waals surface area contributed by atoms with E-state index in [9.17, 15) is 13.2 Å². The van der Waals surface area contributed by atoms with E-state index in [1.165, 1.54) is 0 Å². The van der Waals surface area contributed by atoms with Crippen LogP contribution in [0, 0.1) is 11.8 Å². The quantitative estimate of drug-likeness (QED) is 0.660. The number of sulfonamides is 1. The lowest BCUT2D eigenvalue weighted by molar-refractivity contribution is 0.0953. The van der Waals surface area contributed by atoms with Crippen LogP contribution in [0.15, 0.2) is 23.1 Å². The summed E-state index contributed by atoms with van der Waals surface area (Å²) in [5.74, 6) is 1.01. The van der Waals surface area contributed by atoms with Gasteiger partial charge in [0, 0.05) is 38.3 Å². The lowest BCUT2D eigenvalue weighted by Crippen LogP contribution is -2.40. The van der Waals surface area contributed by atoms with Crippen molar-refractivity contribution in [2.45, 2.75) is 64.2 Å². The molecule has 0 atom stereocenters. The first kappa shape index (κ1) is 23.1. The number of amides is 1. The van der Waals surface area contributed by atoms with E-state index in [0.29, 0.717) is 37.0 Å². The zero-order valence-electron chi connectivity index (χ0n) is 18.7. The molecule has 1 N–H and O–H groups in total. The number of unbranched alkanes of at least 4 members (excludes halogenated alkanes) is 1. The summed E-state index contributed by atoms with van der Waals surface area (Å²) in [6.07, 6.45) is 5.78. The Balaban J connectivity index is 1.93. The number of piperidine rings is 2. The molecule has 3 rings (SSSR count). The maximum absolute atomic E-state index is 13.6. The maximum atomic E-state index is 13.6. The third-order valence-electron chi connectivity index (χ3n) is 6.52. The van der Waals surface area contributed by atoms with Gasteiger partial charge in [0.15, 0.2) is 0 Å². The topological polar surface area (TPSA) is 69.7 Å². The van der Waals surface area contributed by atoms with E-state index >= 15 is 0 Å². The molecule has 0 radical (unpaired) electrons. The number of benzene rings is 1. The SMILES string of the molecule is CCCCNC(=O)c1ccc(N2CCC(C)CC2)c(S(=O)(=O)N2CCC(C)CC2)c1. The fraction of sp³-hybridized carbons (Fsp3) is 0.696. The van der Waals surface area contributed by atoms with Crippen molar-refractivity contribution in [1.29, 1.82) is 0 Å². The van der Waals surface area contributed by atoms with Crippen LogP contribution in [-0.2, 0) is 10.0 Å². The Morgan fingerprint density at radius 2 is 1.63 bits per heavy atom. The molecule has 0 aromatic heterocycles. The van der Waals surface area contributed by atoms with Crippen LogP contribution in [0.4, 0.5) is 5.69 Å². The van der Waals surface area contributed by atoms with Crippen LogP contribution < -0.4 is 10.2 Å². The van der Waals surface area contributed by atoms with Crippen LogP contribution in [0.1, 0.15) is 69.7 Å². The van der Waals surface area contributed by atoms with Crippen LogP contribution in [0.5, 0.6) is 0 Å². The Hall–Kier alpha value is -1.60. The minimum Gasteiger partial charge on any atom is -0.370 e. The molecule has 0 spiro atoms. The number of carbonyl (C=O) groups is 1. The fourth-order valence-corrected chi connectivity index (χ4v) is 5.92. The van der Waals surface area contributed by atoms with Gasteiger partial charge in [-0.3, -0.25) is 4.79 Å². The summed E-state index contributed by atoms with van der Waals surface area (Å²) in [7, 11) is -3.65. The summed E-state index contributed by atoms with van der Waals surface area (Å²) in [5, 5.41) is 2.91. The van der Waals surface area contributed by atoms with E-state index in [1.807, 2.05) is 6.07 Å².